The summed E-state index contributed by atoms with van der Waals surface area (Å²) in [6, 6.07) is 11.8. The van der Waals surface area contributed by atoms with Crippen molar-refractivity contribution < 1.29 is 32.2 Å². The third kappa shape index (κ3) is 5.17. The maximum absolute atomic E-state index is 13.8. The molecule has 13 heteroatoms. The van der Waals surface area contributed by atoms with Crippen molar-refractivity contribution in [3.05, 3.63) is 64.6 Å². The van der Waals surface area contributed by atoms with Crippen molar-refractivity contribution in [2.45, 2.75) is 17.4 Å². The minimum Gasteiger partial charge on any atom is -0.496 e. The zero-order valence-corrected chi connectivity index (χ0v) is 22.8. The van der Waals surface area contributed by atoms with Crippen molar-refractivity contribution in [3.63, 3.8) is 0 Å². The molecule has 3 aromatic rings. The fourth-order valence-electron chi connectivity index (χ4n) is 3.98. The monoisotopic (exact) mass is 579 g/mol. The van der Waals surface area contributed by atoms with Crippen molar-refractivity contribution in [2.24, 2.45) is 0 Å². The van der Waals surface area contributed by atoms with Crippen LogP contribution >= 0.6 is 23.2 Å². The van der Waals surface area contributed by atoms with E-state index in [4.69, 9.17) is 37.4 Å². The number of carbonyl (C=O) groups excluding carboxylic acids is 2. The summed E-state index contributed by atoms with van der Waals surface area (Å²) in [5.74, 6) is -0.433. The molecule has 10 nitrogen and oxygen atoms in total. The lowest BCUT2D eigenvalue weighted by Gasteiger charge is -2.36. The normalized spacial score (nSPS) is 14.8. The van der Waals surface area contributed by atoms with E-state index in [-0.39, 0.29) is 43.5 Å². The molecular formula is C25H23Cl2N3O7S. The van der Waals surface area contributed by atoms with Gasteiger partial charge < -0.3 is 24.8 Å². The van der Waals surface area contributed by atoms with Crippen LogP contribution in [0.4, 0.5) is 17.1 Å². The summed E-state index contributed by atoms with van der Waals surface area (Å²) < 4.78 is 44.5. The third-order valence-electron chi connectivity index (χ3n) is 5.79. The Kier molecular flexibility index (Phi) is 7.91. The molecule has 1 atom stereocenters. The van der Waals surface area contributed by atoms with Gasteiger partial charge in [-0.2, -0.15) is 0 Å². The Morgan fingerprint density at radius 3 is 2.24 bits per heavy atom. The van der Waals surface area contributed by atoms with Gasteiger partial charge in [0, 0.05) is 12.1 Å². The molecule has 1 heterocycles. The minimum atomic E-state index is -4.37. The van der Waals surface area contributed by atoms with Crippen LogP contribution in [0.5, 0.6) is 17.2 Å². The van der Waals surface area contributed by atoms with Crippen LogP contribution in [0.15, 0.2) is 59.5 Å². The molecule has 200 valence electrons. The number of nitrogens with one attached hydrogen (secondary N) is 2. The predicted octanol–water partition coefficient (Wildman–Crippen LogP) is 4.56. The van der Waals surface area contributed by atoms with Gasteiger partial charge in [-0.3, -0.25) is 13.9 Å². The topological polar surface area (TPSA) is 123 Å². The Morgan fingerprint density at radius 2 is 1.63 bits per heavy atom. The smallest absolute Gasteiger partial charge is 0.265 e. The largest absolute Gasteiger partial charge is 0.496 e. The third-order valence-corrected chi connectivity index (χ3v) is 8.35. The van der Waals surface area contributed by atoms with Gasteiger partial charge in [-0.05, 0) is 30.3 Å². The molecule has 0 unspecified atom stereocenters. The molecule has 0 saturated carbocycles. The Labute approximate surface area is 229 Å². The number of sulfonamides is 1. The molecule has 2 amide bonds. The van der Waals surface area contributed by atoms with E-state index in [9.17, 15) is 18.0 Å². The fraction of sp³-hybridized carbons (Fsp3) is 0.200. The highest BCUT2D eigenvalue weighted by Crippen LogP contribution is 2.41. The molecule has 0 saturated heterocycles. The van der Waals surface area contributed by atoms with Crippen molar-refractivity contribution in [2.75, 3.05) is 36.3 Å². The van der Waals surface area contributed by atoms with Crippen LogP contribution in [-0.2, 0) is 19.6 Å². The molecule has 1 aliphatic heterocycles. The lowest BCUT2D eigenvalue weighted by molar-refractivity contribution is -0.122. The number of amides is 2. The minimum absolute atomic E-state index is 0.0236. The summed E-state index contributed by atoms with van der Waals surface area (Å²) in [6.07, 6.45) is -0.529. The Balaban J connectivity index is 1.74. The van der Waals surface area contributed by atoms with Crippen LogP contribution in [0, 0.1) is 0 Å². The molecule has 3 aromatic carbocycles. The summed E-state index contributed by atoms with van der Waals surface area (Å²) in [5, 5.41) is 5.53. The molecule has 38 heavy (non-hydrogen) atoms. The number of hydrogen-bond donors (Lipinski definition) is 2. The first-order valence-corrected chi connectivity index (χ1v) is 13.3. The Hall–Kier alpha value is -3.67. The van der Waals surface area contributed by atoms with E-state index in [1.807, 2.05) is 0 Å². The standard InChI is InChI=1S/C25H23Cl2N3O7S/c1-35-14-10-21(36-2)24(22(11-14)37-3)29-23(31)13-20-25(32)28-18-6-4-5-7-19(18)30(20)38(33,34)15-8-9-16(26)17(27)12-15/h4-12,20H,13H2,1-3H3,(H,28,32)(H,29,31)/t20-/m1/s1. The van der Waals surface area contributed by atoms with Crippen molar-refractivity contribution >= 4 is 62.1 Å². The highest BCUT2D eigenvalue weighted by atomic mass is 35.5. The zero-order valence-electron chi connectivity index (χ0n) is 20.4. The summed E-state index contributed by atoms with van der Waals surface area (Å²) in [7, 11) is -0.0919. The molecule has 0 aromatic heterocycles. The molecule has 0 spiro atoms. The average Bonchev–Trinajstić information content (AvgIpc) is 2.90. The molecule has 1 aliphatic rings. The number of nitrogens with zero attached hydrogens (tertiary/aromatic N) is 1. The maximum atomic E-state index is 13.8. The van der Waals surface area contributed by atoms with Gasteiger partial charge in [0.1, 0.15) is 29.0 Å². The van der Waals surface area contributed by atoms with Crippen LogP contribution in [-0.4, -0.2) is 47.6 Å². The number of anilines is 3. The second kappa shape index (κ2) is 11.0. The predicted molar refractivity (Wildman–Crippen MR) is 144 cm³/mol. The van der Waals surface area contributed by atoms with E-state index in [2.05, 4.69) is 10.6 Å². The van der Waals surface area contributed by atoms with Crippen molar-refractivity contribution in [1.29, 1.82) is 0 Å². The number of hydrogen-bond acceptors (Lipinski definition) is 7. The van der Waals surface area contributed by atoms with Crippen LogP contribution in [0.2, 0.25) is 10.0 Å². The van der Waals surface area contributed by atoms with Crippen molar-refractivity contribution in [1.82, 2.24) is 0 Å². The summed E-state index contributed by atoms with van der Waals surface area (Å²) in [6.45, 7) is 0. The van der Waals surface area contributed by atoms with Crippen LogP contribution in [0.3, 0.4) is 0 Å². The van der Waals surface area contributed by atoms with E-state index in [1.54, 1.807) is 30.3 Å². The van der Waals surface area contributed by atoms with Gasteiger partial charge in [-0.15, -0.1) is 0 Å². The quantitative estimate of drug-likeness (QED) is 0.400. The van der Waals surface area contributed by atoms with Gasteiger partial charge in [0.05, 0.1) is 54.1 Å². The second-order valence-corrected chi connectivity index (χ2v) is 10.7. The lowest BCUT2D eigenvalue weighted by atomic mass is 10.1. The van der Waals surface area contributed by atoms with Crippen LogP contribution in [0.25, 0.3) is 0 Å². The molecule has 0 radical (unpaired) electrons. The van der Waals surface area contributed by atoms with Gasteiger partial charge in [0.25, 0.3) is 10.0 Å². The maximum Gasteiger partial charge on any atom is 0.265 e. The van der Waals surface area contributed by atoms with E-state index in [1.165, 1.54) is 45.6 Å². The highest BCUT2D eigenvalue weighted by molar-refractivity contribution is 7.93. The van der Waals surface area contributed by atoms with Crippen molar-refractivity contribution in [3.8, 4) is 17.2 Å². The van der Waals surface area contributed by atoms with Crippen LogP contribution < -0.4 is 29.1 Å². The number of benzene rings is 3. The highest BCUT2D eigenvalue weighted by Gasteiger charge is 2.42. The molecular weight excluding hydrogens is 557 g/mol. The number of rotatable bonds is 8. The van der Waals surface area contributed by atoms with Gasteiger partial charge in [-0.25, -0.2) is 8.42 Å². The van der Waals surface area contributed by atoms with Gasteiger partial charge >= 0.3 is 0 Å². The molecule has 0 aliphatic carbocycles. The number of carbonyl (C=O) groups is 2. The zero-order chi connectivity index (χ0) is 27.6. The summed E-state index contributed by atoms with van der Waals surface area (Å²) in [4.78, 5) is 26.2. The number of halogens is 2. The summed E-state index contributed by atoms with van der Waals surface area (Å²) in [5.41, 5.74) is 0.656. The number of para-hydroxylation sites is 2. The SMILES string of the molecule is COc1cc(OC)c(NC(=O)C[C@@H]2C(=O)Nc3ccccc3N2S(=O)(=O)c2ccc(Cl)c(Cl)c2)c(OC)c1. The number of methoxy groups -OCH3 is 3. The first kappa shape index (κ1) is 27.4. The fourth-order valence-corrected chi connectivity index (χ4v) is 6.00. The molecule has 4 rings (SSSR count). The van der Waals surface area contributed by atoms with Gasteiger partial charge in [0.15, 0.2) is 0 Å². The van der Waals surface area contributed by atoms with E-state index >= 15 is 0 Å². The Morgan fingerprint density at radius 1 is 0.974 bits per heavy atom. The molecule has 2 N–H and O–H groups in total. The lowest BCUT2D eigenvalue weighted by Crippen LogP contribution is -2.52. The van der Waals surface area contributed by atoms with E-state index in [0.29, 0.717) is 5.75 Å². The van der Waals surface area contributed by atoms with Gasteiger partial charge in [-0.1, -0.05) is 35.3 Å². The molecule has 0 fully saturated rings. The van der Waals surface area contributed by atoms with E-state index < -0.39 is 34.3 Å². The first-order chi connectivity index (χ1) is 18.1. The number of ether oxygens (including phenoxy) is 3. The van der Waals surface area contributed by atoms with Gasteiger partial charge in [0.2, 0.25) is 11.8 Å². The average molecular weight is 580 g/mol. The molecule has 0 bridgehead atoms. The first-order valence-electron chi connectivity index (χ1n) is 11.1. The Bertz CT molecular complexity index is 1490. The second-order valence-electron chi connectivity index (χ2n) is 8.06. The van der Waals surface area contributed by atoms with E-state index in [0.717, 1.165) is 4.31 Å². The number of fused-ring (bicyclic) bond motifs is 1. The van der Waals surface area contributed by atoms with Crippen LogP contribution in [0.1, 0.15) is 6.42 Å². The summed E-state index contributed by atoms with van der Waals surface area (Å²) >= 11 is 12.1.